The molecule has 0 atom stereocenters. The van der Waals surface area contributed by atoms with Crippen molar-refractivity contribution in [2.75, 3.05) is 17.7 Å². The average Bonchev–Trinajstić information content (AvgIpc) is 2.66. The molecule has 9 heteroatoms. The van der Waals surface area contributed by atoms with Crippen molar-refractivity contribution in [3.05, 3.63) is 63.7 Å². The molecule has 0 aliphatic heterocycles. The third kappa shape index (κ3) is 5.27. The second-order valence-electron chi connectivity index (χ2n) is 5.41. The Morgan fingerprint density at radius 2 is 1.93 bits per heavy atom. The number of nitro groups is 1. The lowest BCUT2D eigenvalue weighted by Gasteiger charge is -2.11. The Morgan fingerprint density at radius 1 is 1.22 bits per heavy atom. The second-order valence-corrected chi connectivity index (χ2v) is 5.41. The van der Waals surface area contributed by atoms with Crippen LogP contribution < -0.4 is 10.6 Å². The summed E-state index contributed by atoms with van der Waals surface area (Å²) in [7, 11) is 1.20. The minimum absolute atomic E-state index is 0.0621. The molecule has 0 aromatic heterocycles. The van der Waals surface area contributed by atoms with E-state index in [-0.39, 0.29) is 17.7 Å². The summed E-state index contributed by atoms with van der Waals surface area (Å²) >= 11 is 0. The van der Waals surface area contributed by atoms with Gasteiger partial charge in [-0.15, -0.1) is 0 Å². The van der Waals surface area contributed by atoms with Crippen LogP contribution in [0.3, 0.4) is 0 Å². The van der Waals surface area contributed by atoms with E-state index in [1.165, 1.54) is 19.2 Å². The van der Waals surface area contributed by atoms with Gasteiger partial charge in [0.1, 0.15) is 6.42 Å². The number of ether oxygens (including phenoxy) is 1. The molecule has 27 heavy (non-hydrogen) atoms. The molecule has 0 fully saturated rings. The number of carbonyl (C=O) groups excluding carboxylic acids is 2. The summed E-state index contributed by atoms with van der Waals surface area (Å²) in [5.41, 5.74) is 1.66. The van der Waals surface area contributed by atoms with E-state index < -0.39 is 16.8 Å². The standard InChI is InChI=1S/C18H16N4O5/c1-27-18(24)15-10-14(22(25)26)6-7-16(15)20-11-12-2-4-13(5-3-12)21-17(23)8-9-19/h2-7,10,20H,8,11H2,1H3,(H,21,23). The largest absolute Gasteiger partial charge is 0.465 e. The maximum atomic E-state index is 11.9. The molecule has 0 heterocycles. The van der Waals surface area contributed by atoms with Crippen molar-refractivity contribution in [2.24, 2.45) is 0 Å². The van der Waals surface area contributed by atoms with Crippen molar-refractivity contribution in [1.29, 1.82) is 5.26 Å². The lowest BCUT2D eigenvalue weighted by molar-refractivity contribution is -0.384. The number of nitro benzene ring substituents is 1. The van der Waals surface area contributed by atoms with Crippen LogP contribution in [-0.4, -0.2) is 23.9 Å². The van der Waals surface area contributed by atoms with Crippen molar-refractivity contribution in [2.45, 2.75) is 13.0 Å². The number of nitrogens with one attached hydrogen (secondary N) is 2. The van der Waals surface area contributed by atoms with E-state index in [4.69, 9.17) is 5.26 Å². The van der Waals surface area contributed by atoms with Crippen LogP contribution in [-0.2, 0) is 16.1 Å². The minimum Gasteiger partial charge on any atom is -0.465 e. The summed E-state index contributed by atoms with van der Waals surface area (Å²) in [6, 6.07) is 12.6. The van der Waals surface area contributed by atoms with Crippen LogP contribution >= 0.6 is 0 Å². The topological polar surface area (TPSA) is 134 Å². The summed E-state index contributed by atoms with van der Waals surface area (Å²) in [5, 5.41) is 25.0. The fourth-order valence-corrected chi connectivity index (χ4v) is 2.26. The smallest absolute Gasteiger partial charge is 0.340 e. The number of nitriles is 1. The van der Waals surface area contributed by atoms with Gasteiger partial charge in [-0.3, -0.25) is 14.9 Å². The minimum atomic E-state index is -0.684. The predicted octanol–water partition coefficient (Wildman–Crippen LogP) is 2.85. The Bertz CT molecular complexity index is 903. The summed E-state index contributed by atoms with van der Waals surface area (Å²) < 4.78 is 4.67. The van der Waals surface area contributed by atoms with Crippen molar-refractivity contribution < 1.29 is 19.2 Å². The van der Waals surface area contributed by atoms with Crippen LogP contribution in [0.25, 0.3) is 0 Å². The highest BCUT2D eigenvalue weighted by Crippen LogP contribution is 2.23. The Kier molecular flexibility index (Phi) is 6.44. The first kappa shape index (κ1) is 19.4. The molecule has 2 aromatic carbocycles. The third-order valence-electron chi connectivity index (χ3n) is 3.58. The van der Waals surface area contributed by atoms with Crippen LogP contribution in [0.2, 0.25) is 0 Å². The molecule has 0 aliphatic rings. The summed E-state index contributed by atoms with van der Waals surface area (Å²) in [4.78, 5) is 33.6. The first-order valence-electron chi connectivity index (χ1n) is 7.81. The molecule has 0 saturated carbocycles. The molecular formula is C18H16N4O5. The number of amides is 1. The maximum absolute atomic E-state index is 11.9. The van der Waals surface area contributed by atoms with E-state index in [1.807, 2.05) is 0 Å². The normalized spacial score (nSPS) is 9.78. The molecule has 0 spiro atoms. The summed E-state index contributed by atoms with van der Waals surface area (Å²) in [6.07, 6.45) is -0.222. The molecule has 2 rings (SSSR count). The second kappa shape index (κ2) is 8.96. The molecule has 2 aromatic rings. The van der Waals surface area contributed by atoms with Gasteiger partial charge in [0.15, 0.2) is 0 Å². The van der Waals surface area contributed by atoms with Crippen LogP contribution in [0, 0.1) is 21.4 Å². The van der Waals surface area contributed by atoms with E-state index in [0.717, 1.165) is 11.6 Å². The zero-order valence-electron chi connectivity index (χ0n) is 14.4. The molecular weight excluding hydrogens is 352 g/mol. The lowest BCUT2D eigenvalue weighted by atomic mass is 10.1. The Balaban J connectivity index is 2.10. The van der Waals surface area contributed by atoms with Gasteiger partial charge in [-0.1, -0.05) is 12.1 Å². The number of hydrogen-bond donors (Lipinski definition) is 2. The number of benzene rings is 2. The quantitative estimate of drug-likeness (QED) is 0.436. The average molecular weight is 368 g/mol. The Hall–Kier alpha value is -3.93. The van der Waals surface area contributed by atoms with Gasteiger partial charge in [0.05, 0.1) is 23.7 Å². The molecule has 2 N–H and O–H groups in total. The van der Waals surface area contributed by atoms with Crippen LogP contribution in [0.1, 0.15) is 22.3 Å². The number of hydrogen-bond acceptors (Lipinski definition) is 7. The fraction of sp³-hybridized carbons (Fsp3) is 0.167. The molecule has 0 aliphatic carbocycles. The van der Waals surface area contributed by atoms with E-state index in [0.29, 0.717) is 17.9 Å². The van der Waals surface area contributed by atoms with E-state index >= 15 is 0 Å². The Morgan fingerprint density at radius 3 is 2.52 bits per heavy atom. The molecule has 0 unspecified atom stereocenters. The highest BCUT2D eigenvalue weighted by Gasteiger charge is 2.17. The number of esters is 1. The van der Waals surface area contributed by atoms with Gasteiger partial charge in [-0.05, 0) is 23.8 Å². The van der Waals surface area contributed by atoms with Crippen molar-refractivity contribution >= 4 is 28.9 Å². The molecule has 1 amide bonds. The highest BCUT2D eigenvalue weighted by atomic mass is 16.6. The van der Waals surface area contributed by atoms with Gasteiger partial charge in [-0.25, -0.2) is 4.79 Å². The third-order valence-corrected chi connectivity index (χ3v) is 3.58. The molecule has 9 nitrogen and oxygen atoms in total. The van der Waals surface area contributed by atoms with Crippen LogP contribution in [0.4, 0.5) is 17.1 Å². The van der Waals surface area contributed by atoms with Crippen molar-refractivity contribution in [3.63, 3.8) is 0 Å². The fourth-order valence-electron chi connectivity index (χ4n) is 2.26. The number of methoxy groups -OCH3 is 1. The molecule has 0 saturated heterocycles. The van der Waals surface area contributed by atoms with Gasteiger partial charge in [-0.2, -0.15) is 5.26 Å². The maximum Gasteiger partial charge on any atom is 0.340 e. The van der Waals surface area contributed by atoms with Gasteiger partial charge < -0.3 is 15.4 Å². The first-order chi connectivity index (χ1) is 12.9. The highest BCUT2D eigenvalue weighted by molar-refractivity contribution is 5.96. The van der Waals surface area contributed by atoms with Gasteiger partial charge >= 0.3 is 5.97 Å². The first-order valence-corrected chi connectivity index (χ1v) is 7.81. The number of rotatable bonds is 7. The lowest BCUT2D eigenvalue weighted by Crippen LogP contribution is -2.10. The zero-order valence-corrected chi connectivity index (χ0v) is 14.4. The SMILES string of the molecule is COC(=O)c1cc([N+](=O)[O-])ccc1NCc1ccc(NC(=O)CC#N)cc1. The molecule has 0 bridgehead atoms. The molecule has 0 radical (unpaired) electrons. The number of anilines is 2. The van der Waals surface area contributed by atoms with E-state index in [2.05, 4.69) is 15.4 Å². The van der Waals surface area contributed by atoms with Gasteiger partial charge in [0.25, 0.3) is 5.69 Å². The zero-order chi connectivity index (χ0) is 19.8. The van der Waals surface area contributed by atoms with Crippen molar-refractivity contribution in [1.82, 2.24) is 0 Å². The monoisotopic (exact) mass is 368 g/mol. The van der Waals surface area contributed by atoms with Crippen LogP contribution in [0.15, 0.2) is 42.5 Å². The van der Waals surface area contributed by atoms with E-state index in [9.17, 15) is 19.7 Å². The van der Waals surface area contributed by atoms with Crippen molar-refractivity contribution in [3.8, 4) is 6.07 Å². The summed E-state index contributed by atoms with van der Waals surface area (Å²) in [5.74, 6) is -1.08. The van der Waals surface area contributed by atoms with E-state index in [1.54, 1.807) is 30.3 Å². The predicted molar refractivity (Wildman–Crippen MR) is 97.1 cm³/mol. The van der Waals surface area contributed by atoms with Gasteiger partial charge in [0, 0.05) is 30.1 Å². The Labute approximate surface area is 154 Å². The number of carbonyl (C=O) groups is 2. The number of non-ortho nitro benzene ring substituents is 1. The van der Waals surface area contributed by atoms with Crippen LogP contribution in [0.5, 0.6) is 0 Å². The van der Waals surface area contributed by atoms with Gasteiger partial charge in [0.2, 0.25) is 5.91 Å². The number of nitrogens with zero attached hydrogens (tertiary/aromatic N) is 2. The molecule has 138 valence electrons. The summed E-state index contributed by atoms with van der Waals surface area (Å²) in [6.45, 7) is 0.341.